The Bertz CT molecular complexity index is 933. The second-order valence-electron chi connectivity index (χ2n) is 7.78. The molecule has 0 aliphatic heterocycles. The smallest absolute Gasteiger partial charge is 0.186 e. The van der Waals surface area contributed by atoms with Crippen molar-refractivity contribution >= 4 is 16.5 Å². The third kappa shape index (κ3) is 4.37. The molecule has 2 N–H and O–H groups in total. The molecule has 1 aliphatic carbocycles. The van der Waals surface area contributed by atoms with Gasteiger partial charge in [-0.1, -0.05) is 61.5 Å². The van der Waals surface area contributed by atoms with Crippen molar-refractivity contribution in [1.82, 2.24) is 4.98 Å². The van der Waals surface area contributed by atoms with Gasteiger partial charge in [-0.3, -0.25) is 0 Å². The van der Waals surface area contributed by atoms with E-state index in [-0.39, 0.29) is 0 Å². The zero-order valence-electron chi connectivity index (χ0n) is 17.0. The fourth-order valence-electron chi connectivity index (χ4n) is 3.95. The molecule has 1 aromatic heterocycles. The summed E-state index contributed by atoms with van der Waals surface area (Å²) in [7, 11) is 0. The fraction of sp³-hybridized carbons (Fsp3) is 0.375. The van der Waals surface area contributed by atoms with Crippen LogP contribution in [0, 0.1) is 12.8 Å². The maximum absolute atomic E-state index is 9.34. The van der Waals surface area contributed by atoms with Crippen molar-refractivity contribution in [3.05, 3.63) is 70.6 Å². The molecular formula is C24H28N2O2S. The van der Waals surface area contributed by atoms with Gasteiger partial charge in [0.25, 0.3) is 0 Å². The number of aromatic nitrogens is 1. The van der Waals surface area contributed by atoms with Crippen molar-refractivity contribution in [3.8, 4) is 11.3 Å². The minimum absolute atomic E-state index is 0.376. The van der Waals surface area contributed by atoms with E-state index in [1.807, 2.05) is 12.1 Å². The van der Waals surface area contributed by atoms with Gasteiger partial charge in [-0.2, -0.15) is 0 Å². The summed E-state index contributed by atoms with van der Waals surface area (Å²) in [6, 6.07) is 18.5. The summed E-state index contributed by atoms with van der Waals surface area (Å²) in [4.78, 5) is 8.73. The molecule has 5 heteroatoms. The summed E-state index contributed by atoms with van der Waals surface area (Å²) >= 11 is 1.75. The highest BCUT2D eigenvalue weighted by Gasteiger charge is 2.37. The average molecular weight is 409 g/mol. The Morgan fingerprint density at radius 1 is 1.03 bits per heavy atom. The Morgan fingerprint density at radius 2 is 1.72 bits per heavy atom. The lowest BCUT2D eigenvalue weighted by Gasteiger charge is -2.32. The number of rotatable bonds is 8. The molecule has 4 nitrogen and oxygen atoms in total. The topological polar surface area (TPSA) is 56.6 Å². The monoisotopic (exact) mass is 408 g/mol. The lowest BCUT2D eigenvalue weighted by molar-refractivity contribution is -0.0424. The molecule has 0 bridgehead atoms. The molecule has 1 unspecified atom stereocenters. The Balaban J connectivity index is 1.69. The van der Waals surface area contributed by atoms with Gasteiger partial charge in [0.05, 0.1) is 11.7 Å². The maximum atomic E-state index is 9.34. The molecule has 1 saturated carbocycles. The third-order valence-corrected chi connectivity index (χ3v) is 6.53. The number of hydrogen-bond donors (Lipinski definition) is 2. The van der Waals surface area contributed by atoms with Crippen molar-refractivity contribution in [3.63, 3.8) is 0 Å². The largest absolute Gasteiger partial charge is 0.364 e. The van der Waals surface area contributed by atoms with Crippen LogP contribution >= 0.6 is 11.3 Å². The van der Waals surface area contributed by atoms with Crippen molar-refractivity contribution in [2.24, 2.45) is 5.92 Å². The standard InChI is InChI=1S/C24H28N2O2S/c1-3-15-26(22(19-11-12-19)18-7-5-4-6-8-18)24-25-21(16(2)29-24)17-9-13-20(14-10-17)23(27)28/h4-10,13-14,19,22-23,27-28H,3,11-12,15H2,1-2H3. The van der Waals surface area contributed by atoms with Gasteiger partial charge in [0.2, 0.25) is 0 Å². The molecule has 29 heavy (non-hydrogen) atoms. The first-order valence-corrected chi connectivity index (χ1v) is 11.2. The Kier molecular flexibility index (Phi) is 5.99. The van der Waals surface area contributed by atoms with Crippen molar-refractivity contribution in [2.75, 3.05) is 11.4 Å². The first kappa shape index (κ1) is 20.1. The van der Waals surface area contributed by atoms with Crippen LogP contribution in [0.25, 0.3) is 11.3 Å². The van der Waals surface area contributed by atoms with Gasteiger partial charge in [0, 0.05) is 22.5 Å². The highest BCUT2D eigenvalue weighted by atomic mass is 32.1. The van der Waals surface area contributed by atoms with Crippen molar-refractivity contribution < 1.29 is 10.2 Å². The van der Waals surface area contributed by atoms with Crippen LogP contribution in [0.3, 0.4) is 0 Å². The second kappa shape index (κ2) is 8.66. The molecule has 2 aromatic carbocycles. The van der Waals surface area contributed by atoms with E-state index in [1.165, 1.54) is 23.3 Å². The van der Waals surface area contributed by atoms with Gasteiger partial charge in [0.1, 0.15) is 0 Å². The van der Waals surface area contributed by atoms with E-state index in [1.54, 1.807) is 23.5 Å². The van der Waals surface area contributed by atoms with E-state index in [0.717, 1.165) is 29.4 Å². The van der Waals surface area contributed by atoms with Crippen LogP contribution in [0.1, 0.15) is 54.5 Å². The Labute approximate surface area is 176 Å². The van der Waals surface area contributed by atoms with E-state index < -0.39 is 6.29 Å². The normalized spacial score (nSPS) is 14.9. The highest BCUT2D eigenvalue weighted by Crippen LogP contribution is 2.47. The molecular weight excluding hydrogens is 380 g/mol. The first-order chi connectivity index (χ1) is 14.1. The van der Waals surface area contributed by atoms with Gasteiger partial charge in [-0.15, -0.1) is 11.3 Å². The molecule has 0 spiro atoms. The molecule has 4 rings (SSSR count). The number of aryl methyl sites for hydroxylation is 1. The zero-order chi connectivity index (χ0) is 20.4. The summed E-state index contributed by atoms with van der Waals surface area (Å²) in [5.41, 5.74) is 3.85. The van der Waals surface area contributed by atoms with Crippen LogP contribution in [0.4, 0.5) is 5.13 Å². The number of aliphatic hydroxyl groups is 2. The van der Waals surface area contributed by atoms with Crippen LogP contribution < -0.4 is 4.90 Å². The number of benzene rings is 2. The third-order valence-electron chi connectivity index (χ3n) is 5.52. The summed E-state index contributed by atoms with van der Waals surface area (Å²) < 4.78 is 0. The number of thiazole rings is 1. The Hall–Kier alpha value is -2.21. The molecule has 152 valence electrons. The van der Waals surface area contributed by atoms with Crippen LogP contribution in [-0.4, -0.2) is 21.7 Å². The van der Waals surface area contributed by atoms with Crippen LogP contribution in [0.15, 0.2) is 54.6 Å². The average Bonchev–Trinajstić information content (AvgIpc) is 3.49. The quantitative estimate of drug-likeness (QED) is 0.485. The van der Waals surface area contributed by atoms with Crippen molar-refractivity contribution in [2.45, 2.75) is 45.4 Å². The molecule has 1 aliphatic rings. The number of nitrogens with zero attached hydrogens (tertiary/aromatic N) is 2. The van der Waals surface area contributed by atoms with Gasteiger partial charge in [-0.05, 0) is 37.7 Å². The number of aliphatic hydroxyl groups excluding tert-OH is 1. The maximum Gasteiger partial charge on any atom is 0.186 e. The van der Waals surface area contributed by atoms with Crippen molar-refractivity contribution in [1.29, 1.82) is 0 Å². The molecule has 1 heterocycles. The summed E-state index contributed by atoms with van der Waals surface area (Å²) in [6.07, 6.45) is 2.19. The molecule has 0 radical (unpaired) electrons. The zero-order valence-corrected chi connectivity index (χ0v) is 17.8. The number of anilines is 1. The predicted molar refractivity (Wildman–Crippen MR) is 119 cm³/mol. The molecule has 3 aromatic rings. The van der Waals surface area contributed by atoms with Crippen LogP contribution in [0.2, 0.25) is 0 Å². The molecule has 0 amide bonds. The summed E-state index contributed by atoms with van der Waals surface area (Å²) in [6.45, 7) is 5.32. The Morgan fingerprint density at radius 3 is 2.31 bits per heavy atom. The predicted octanol–water partition coefficient (Wildman–Crippen LogP) is 5.47. The van der Waals surface area contributed by atoms with Gasteiger partial charge >= 0.3 is 0 Å². The van der Waals surface area contributed by atoms with Crippen LogP contribution in [0.5, 0.6) is 0 Å². The number of hydrogen-bond acceptors (Lipinski definition) is 5. The molecule has 1 fully saturated rings. The van der Waals surface area contributed by atoms with E-state index in [4.69, 9.17) is 4.98 Å². The molecule has 0 saturated heterocycles. The molecule has 1 atom stereocenters. The van der Waals surface area contributed by atoms with E-state index in [9.17, 15) is 10.2 Å². The lowest BCUT2D eigenvalue weighted by atomic mass is 10.0. The minimum Gasteiger partial charge on any atom is -0.364 e. The van der Waals surface area contributed by atoms with Crippen LogP contribution in [-0.2, 0) is 0 Å². The SMILES string of the molecule is CCCN(c1nc(-c2ccc(C(O)O)cc2)c(C)s1)C(c1ccccc1)C1CC1. The second-order valence-corrected chi connectivity index (χ2v) is 8.96. The van der Waals surface area contributed by atoms with E-state index in [2.05, 4.69) is 49.1 Å². The van der Waals surface area contributed by atoms with E-state index >= 15 is 0 Å². The van der Waals surface area contributed by atoms with Gasteiger partial charge in [0.15, 0.2) is 11.4 Å². The van der Waals surface area contributed by atoms with E-state index in [0.29, 0.717) is 17.5 Å². The highest BCUT2D eigenvalue weighted by molar-refractivity contribution is 7.16. The summed E-state index contributed by atoms with van der Waals surface area (Å²) in [5.74, 6) is 0.696. The summed E-state index contributed by atoms with van der Waals surface area (Å²) in [5, 5.41) is 19.8. The lowest BCUT2D eigenvalue weighted by Crippen LogP contribution is -2.31. The van der Waals surface area contributed by atoms with Gasteiger partial charge in [-0.25, -0.2) is 4.98 Å². The first-order valence-electron chi connectivity index (χ1n) is 10.3. The van der Waals surface area contributed by atoms with Gasteiger partial charge < -0.3 is 15.1 Å². The fourth-order valence-corrected chi connectivity index (χ4v) is 4.94. The minimum atomic E-state index is -1.44.